The van der Waals surface area contributed by atoms with Crippen LogP contribution in [0.3, 0.4) is 0 Å². The minimum atomic E-state index is -0.228. The number of halogens is 1. The summed E-state index contributed by atoms with van der Waals surface area (Å²) in [5, 5.41) is 8.00. The number of hydrogen-bond donors (Lipinski definition) is 1. The number of amidine groups is 1. The van der Waals surface area contributed by atoms with E-state index in [0.717, 1.165) is 16.8 Å². The molecule has 1 aromatic rings. The van der Waals surface area contributed by atoms with E-state index in [9.17, 15) is 4.39 Å². The van der Waals surface area contributed by atoms with Crippen molar-refractivity contribution >= 4 is 11.5 Å². The highest BCUT2D eigenvalue weighted by Crippen LogP contribution is 2.20. The number of aryl methyl sites for hydroxylation is 1. The van der Waals surface area contributed by atoms with Gasteiger partial charge in [-0.25, -0.2) is 4.39 Å². The van der Waals surface area contributed by atoms with Gasteiger partial charge in [-0.05, 0) is 30.7 Å². The van der Waals surface area contributed by atoms with E-state index in [-0.39, 0.29) is 11.7 Å². The quantitative estimate of drug-likeness (QED) is 0.773. The van der Waals surface area contributed by atoms with Crippen LogP contribution >= 0.6 is 0 Å². The summed E-state index contributed by atoms with van der Waals surface area (Å²) >= 11 is 0. The van der Waals surface area contributed by atoms with Gasteiger partial charge in [0.15, 0.2) is 0 Å². The maximum Gasteiger partial charge on any atom is 0.123 e. The standard InChI is InChI=1S/C12H14FN3/c1-7-5-9(13)3-4-10(7)12-8(2)6-11(14)15-16-12/h3-5,8H,6H2,1-2H3,(H2,14,15). The predicted molar refractivity (Wildman–Crippen MR) is 63.1 cm³/mol. The molecule has 3 nitrogen and oxygen atoms in total. The summed E-state index contributed by atoms with van der Waals surface area (Å²) in [6.45, 7) is 3.92. The minimum Gasteiger partial charge on any atom is -0.386 e. The van der Waals surface area contributed by atoms with Gasteiger partial charge in [-0.2, -0.15) is 5.10 Å². The van der Waals surface area contributed by atoms with Gasteiger partial charge < -0.3 is 5.73 Å². The SMILES string of the molecule is Cc1cc(F)ccc1C1=NN=C(N)CC1C. The highest BCUT2D eigenvalue weighted by molar-refractivity contribution is 6.06. The number of benzene rings is 1. The Labute approximate surface area is 93.9 Å². The first-order valence-electron chi connectivity index (χ1n) is 5.24. The second-order valence-electron chi connectivity index (χ2n) is 4.14. The topological polar surface area (TPSA) is 50.7 Å². The molecule has 1 unspecified atom stereocenters. The van der Waals surface area contributed by atoms with Crippen LogP contribution in [-0.2, 0) is 0 Å². The summed E-state index contributed by atoms with van der Waals surface area (Å²) in [5.74, 6) is 0.547. The van der Waals surface area contributed by atoms with Crippen LogP contribution in [0.25, 0.3) is 0 Å². The van der Waals surface area contributed by atoms with E-state index in [1.54, 1.807) is 6.07 Å². The Morgan fingerprint density at radius 2 is 2.12 bits per heavy atom. The zero-order chi connectivity index (χ0) is 11.7. The van der Waals surface area contributed by atoms with Crippen LogP contribution in [0, 0.1) is 18.7 Å². The molecule has 1 heterocycles. The van der Waals surface area contributed by atoms with Crippen LogP contribution in [0.5, 0.6) is 0 Å². The van der Waals surface area contributed by atoms with Gasteiger partial charge in [0.25, 0.3) is 0 Å². The first kappa shape index (κ1) is 10.8. The molecule has 2 N–H and O–H groups in total. The normalized spacial score (nSPS) is 20.3. The maximum atomic E-state index is 13.0. The van der Waals surface area contributed by atoms with Crippen molar-refractivity contribution in [2.75, 3.05) is 0 Å². The number of rotatable bonds is 1. The molecule has 0 amide bonds. The lowest BCUT2D eigenvalue weighted by atomic mass is 9.92. The van der Waals surface area contributed by atoms with Crippen LogP contribution in [0.1, 0.15) is 24.5 Å². The monoisotopic (exact) mass is 219 g/mol. The fraction of sp³-hybridized carbons (Fsp3) is 0.333. The molecule has 0 saturated carbocycles. The van der Waals surface area contributed by atoms with E-state index in [4.69, 9.17) is 5.73 Å². The zero-order valence-electron chi connectivity index (χ0n) is 9.37. The Balaban J connectivity index is 2.44. The second-order valence-corrected chi connectivity index (χ2v) is 4.14. The Bertz CT molecular complexity index is 477. The molecule has 0 spiro atoms. The predicted octanol–water partition coefficient (Wildman–Crippen LogP) is 2.24. The Morgan fingerprint density at radius 1 is 1.38 bits per heavy atom. The van der Waals surface area contributed by atoms with Crippen molar-refractivity contribution in [1.82, 2.24) is 0 Å². The molecule has 1 aliphatic heterocycles. The largest absolute Gasteiger partial charge is 0.386 e. The number of nitrogens with zero attached hydrogens (tertiary/aromatic N) is 2. The van der Waals surface area contributed by atoms with Crippen LogP contribution in [0.4, 0.5) is 4.39 Å². The molecule has 1 aliphatic rings. The van der Waals surface area contributed by atoms with Gasteiger partial charge in [-0.3, -0.25) is 0 Å². The van der Waals surface area contributed by atoms with Gasteiger partial charge in [0, 0.05) is 17.9 Å². The van der Waals surface area contributed by atoms with Gasteiger partial charge in [0.2, 0.25) is 0 Å². The van der Waals surface area contributed by atoms with Crippen molar-refractivity contribution in [2.45, 2.75) is 20.3 Å². The molecule has 0 aromatic heterocycles. The van der Waals surface area contributed by atoms with Gasteiger partial charge in [0.1, 0.15) is 11.7 Å². The van der Waals surface area contributed by atoms with E-state index in [0.29, 0.717) is 12.3 Å². The first-order valence-corrected chi connectivity index (χ1v) is 5.24. The number of hydrogen-bond acceptors (Lipinski definition) is 3. The van der Waals surface area contributed by atoms with Gasteiger partial charge in [0.05, 0.1) is 5.71 Å². The summed E-state index contributed by atoms with van der Waals surface area (Å²) in [4.78, 5) is 0. The minimum absolute atomic E-state index is 0.224. The summed E-state index contributed by atoms with van der Waals surface area (Å²) in [6, 6.07) is 4.70. The van der Waals surface area contributed by atoms with E-state index in [1.807, 2.05) is 13.8 Å². The molecule has 1 atom stereocenters. The molecule has 1 aromatic carbocycles. The van der Waals surface area contributed by atoms with Crippen LogP contribution in [-0.4, -0.2) is 11.5 Å². The van der Waals surface area contributed by atoms with Crippen molar-refractivity contribution in [3.8, 4) is 0 Å². The van der Waals surface area contributed by atoms with Crippen molar-refractivity contribution in [2.24, 2.45) is 21.9 Å². The first-order chi connectivity index (χ1) is 7.58. The summed E-state index contributed by atoms with van der Waals surface area (Å²) in [6.07, 6.45) is 0.704. The third-order valence-corrected chi connectivity index (χ3v) is 2.73. The maximum absolute atomic E-state index is 13.0. The smallest absolute Gasteiger partial charge is 0.123 e. The average Bonchev–Trinajstić information content (AvgIpc) is 2.19. The van der Waals surface area contributed by atoms with Crippen LogP contribution in [0.15, 0.2) is 28.4 Å². The van der Waals surface area contributed by atoms with Crippen LogP contribution in [0.2, 0.25) is 0 Å². The van der Waals surface area contributed by atoms with Gasteiger partial charge >= 0.3 is 0 Å². The van der Waals surface area contributed by atoms with Gasteiger partial charge in [-0.1, -0.05) is 6.92 Å². The van der Waals surface area contributed by atoms with E-state index >= 15 is 0 Å². The molecule has 0 radical (unpaired) electrons. The molecule has 0 fully saturated rings. The Kier molecular flexibility index (Phi) is 2.73. The van der Waals surface area contributed by atoms with Crippen molar-refractivity contribution in [3.63, 3.8) is 0 Å². The molecular formula is C12H14FN3. The molecule has 84 valence electrons. The molecule has 16 heavy (non-hydrogen) atoms. The average molecular weight is 219 g/mol. The third-order valence-electron chi connectivity index (χ3n) is 2.73. The molecule has 0 saturated heterocycles. The van der Waals surface area contributed by atoms with Crippen molar-refractivity contribution < 1.29 is 4.39 Å². The summed E-state index contributed by atoms with van der Waals surface area (Å²) in [7, 11) is 0. The molecular weight excluding hydrogens is 205 g/mol. The summed E-state index contributed by atoms with van der Waals surface area (Å²) in [5.41, 5.74) is 8.32. The lowest BCUT2D eigenvalue weighted by Crippen LogP contribution is -2.25. The number of nitrogens with two attached hydrogens (primary N) is 1. The van der Waals surface area contributed by atoms with Crippen molar-refractivity contribution in [3.05, 3.63) is 35.1 Å². The zero-order valence-corrected chi connectivity index (χ0v) is 9.37. The molecule has 4 heteroatoms. The lowest BCUT2D eigenvalue weighted by Gasteiger charge is -2.18. The van der Waals surface area contributed by atoms with E-state index in [1.165, 1.54) is 12.1 Å². The summed E-state index contributed by atoms with van der Waals surface area (Å²) < 4.78 is 13.0. The van der Waals surface area contributed by atoms with E-state index in [2.05, 4.69) is 10.2 Å². The third kappa shape index (κ3) is 1.96. The van der Waals surface area contributed by atoms with Crippen LogP contribution < -0.4 is 5.73 Å². The Hall–Kier alpha value is -1.71. The second kappa shape index (κ2) is 4.04. The highest BCUT2D eigenvalue weighted by atomic mass is 19.1. The molecule has 0 bridgehead atoms. The lowest BCUT2D eigenvalue weighted by molar-refractivity contribution is 0.626. The van der Waals surface area contributed by atoms with Gasteiger partial charge in [-0.15, -0.1) is 5.10 Å². The fourth-order valence-electron chi connectivity index (χ4n) is 1.90. The fourth-order valence-corrected chi connectivity index (χ4v) is 1.90. The van der Waals surface area contributed by atoms with Crippen molar-refractivity contribution in [1.29, 1.82) is 0 Å². The Morgan fingerprint density at radius 3 is 2.75 bits per heavy atom. The molecule has 2 rings (SSSR count). The van der Waals surface area contributed by atoms with E-state index < -0.39 is 0 Å². The molecule has 0 aliphatic carbocycles. The highest BCUT2D eigenvalue weighted by Gasteiger charge is 2.19.